The number of hydrogen-bond donors (Lipinski definition) is 0. The molecule has 98 valence electrons. The molecule has 0 atom stereocenters. The van der Waals surface area contributed by atoms with E-state index >= 15 is 0 Å². The van der Waals surface area contributed by atoms with Crippen molar-refractivity contribution in [2.24, 2.45) is 7.05 Å². The molecule has 0 unspecified atom stereocenters. The Hall–Kier alpha value is -0.805. The van der Waals surface area contributed by atoms with Gasteiger partial charge in [0, 0.05) is 13.0 Å². The molecule has 1 saturated carbocycles. The lowest BCUT2D eigenvalue weighted by Crippen LogP contribution is -2.41. The predicted octanol–water partition coefficient (Wildman–Crippen LogP) is 1.60. The molecule has 4 nitrogen and oxygen atoms in total. The zero-order valence-electron chi connectivity index (χ0n) is 11.9. The lowest BCUT2D eigenvalue weighted by Gasteiger charge is -2.32. The summed E-state index contributed by atoms with van der Waals surface area (Å²) in [5, 5.41) is 4.57. The fraction of sp³-hybridized carbons (Fsp3) is 0.769. The highest BCUT2D eigenvalue weighted by Gasteiger charge is 2.53. The van der Waals surface area contributed by atoms with Crippen LogP contribution in [0.5, 0.6) is 0 Å². The van der Waals surface area contributed by atoms with Gasteiger partial charge in [0.25, 0.3) is 0 Å². The van der Waals surface area contributed by atoms with Crippen molar-refractivity contribution < 1.29 is 9.31 Å². The second kappa shape index (κ2) is 3.61. The van der Waals surface area contributed by atoms with Crippen LogP contribution in [0.15, 0.2) is 6.07 Å². The number of hydrogen-bond acceptors (Lipinski definition) is 3. The maximum Gasteiger partial charge on any atom is 0.514 e. The fourth-order valence-corrected chi connectivity index (χ4v) is 2.27. The zero-order chi connectivity index (χ0) is 13.1. The maximum atomic E-state index is 6.06. The Morgan fingerprint density at radius 3 is 2.28 bits per heavy atom. The lowest BCUT2D eigenvalue weighted by atomic mass is 9.84. The van der Waals surface area contributed by atoms with E-state index in [1.54, 1.807) is 0 Å². The summed E-state index contributed by atoms with van der Waals surface area (Å²) in [4.78, 5) is 0. The van der Waals surface area contributed by atoms with E-state index in [4.69, 9.17) is 9.31 Å². The molecule has 0 amide bonds. The van der Waals surface area contributed by atoms with Gasteiger partial charge >= 0.3 is 7.12 Å². The zero-order valence-corrected chi connectivity index (χ0v) is 11.9. The van der Waals surface area contributed by atoms with Gasteiger partial charge < -0.3 is 9.31 Å². The third-order valence-corrected chi connectivity index (χ3v) is 4.43. The smallest absolute Gasteiger partial charge is 0.398 e. The summed E-state index contributed by atoms with van der Waals surface area (Å²) in [5.41, 5.74) is 1.63. The van der Waals surface area contributed by atoms with Crippen molar-refractivity contribution in [3.8, 4) is 0 Å². The van der Waals surface area contributed by atoms with Crippen LogP contribution in [0.25, 0.3) is 0 Å². The first-order chi connectivity index (χ1) is 8.30. The van der Waals surface area contributed by atoms with Crippen molar-refractivity contribution in [1.29, 1.82) is 0 Å². The third kappa shape index (κ3) is 1.80. The number of aryl methyl sites for hydroxylation is 1. The SMILES string of the molecule is Cn1nc(C2CC2)cc1B1OC(C)(C)C(C)(C)O1. The van der Waals surface area contributed by atoms with Crippen LogP contribution in [0.2, 0.25) is 0 Å². The van der Waals surface area contributed by atoms with E-state index in [1.807, 2.05) is 11.7 Å². The van der Waals surface area contributed by atoms with Crippen molar-refractivity contribution >= 4 is 12.7 Å². The van der Waals surface area contributed by atoms with Crippen molar-refractivity contribution in [2.45, 2.75) is 57.7 Å². The summed E-state index contributed by atoms with van der Waals surface area (Å²) >= 11 is 0. The first-order valence-electron chi connectivity index (χ1n) is 6.70. The normalized spacial score (nSPS) is 25.7. The summed E-state index contributed by atoms with van der Waals surface area (Å²) in [7, 11) is 1.66. The Labute approximate surface area is 109 Å². The van der Waals surface area contributed by atoms with Gasteiger partial charge in [-0.05, 0) is 46.6 Å². The van der Waals surface area contributed by atoms with Gasteiger partial charge in [-0.25, -0.2) is 0 Å². The molecule has 2 heterocycles. The molecular weight excluding hydrogens is 227 g/mol. The van der Waals surface area contributed by atoms with Gasteiger partial charge in [-0.1, -0.05) is 0 Å². The summed E-state index contributed by atoms with van der Waals surface area (Å²) < 4.78 is 14.0. The maximum absolute atomic E-state index is 6.06. The minimum atomic E-state index is -0.306. The number of nitrogens with zero attached hydrogens (tertiary/aromatic N) is 2. The molecule has 1 aromatic rings. The Bertz CT molecular complexity index is 461. The summed E-state index contributed by atoms with van der Waals surface area (Å²) in [5.74, 6) is 0.660. The Morgan fingerprint density at radius 1 is 1.22 bits per heavy atom. The van der Waals surface area contributed by atoms with Crippen LogP contribution in [-0.2, 0) is 16.4 Å². The van der Waals surface area contributed by atoms with Crippen LogP contribution in [0, 0.1) is 0 Å². The lowest BCUT2D eigenvalue weighted by molar-refractivity contribution is 0.00578. The minimum Gasteiger partial charge on any atom is -0.398 e. The van der Waals surface area contributed by atoms with Crippen LogP contribution >= 0.6 is 0 Å². The summed E-state index contributed by atoms with van der Waals surface area (Å²) in [6.07, 6.45) is 2.53. The third-order valence-electron chi connectivity index (χ3n) is 4.43. The van der Waals surface area contributed by atoms with Gasteiger partial charge in [-0.3, -0.25) is 4.68 Å². The molecule has 0 aromatic carbocycles. The highest BCUT2D eigenvalue weighted by molar-refractivity contribution is 6.61. The molecule has 0 N–H and O–H groups in total. The Morgan fingerprint density at radius 2 is 1.78 bits per heavy atom. The van der Waals surface area contributed by atoms with Crippen LogP contribution in [0.3, 0.4) is 0 Å². The second-order valence-electron chi connectivity index (χ2n) is 6.48. The number of aromatic nitrogens is 2. The molecule has 2 aliphatic rings. The topological polar surface area (TPSA) is 36.3 Å². The molecular formula is C13H21BN2O2. The fourth-order valence-electron chi connectivity index (χ4n) is 2.27. The molecule has 0 radical (unpaired) electrons. The van der Waals surface area contributed by atoms with Gasteiger partial charge in [0.2, 0.25) is 0 Å². The summed E-state index contributed by atoms with van der Waals surface area (Å²) in [6, 6.07) is 2.14. The van der Waals surface area contributed by atoms with E-state index in [9.17, 15) is 0 Å². The summed E-state index contributed by atoms with van der Waals surface area (Å²) in [6.45, 7) is 8.30. The van der Waals surface area contributed by atoms with Gasteiger partial charge in [-0.2, -0.15) is 5.10 Å². The van der Waals surface area contributed by atoms with Gasteiger partial charge in [-0.15, -0.1) is 0 Å². The second-order valence-corrected chi connectivity index (χ2v) is 6.48. The quantitative estimate of drug-likeness (QED) is 0.746. The van der Waals surface area contributed by atoms with Gasteiger partial charge in [0.05, 0.1) is 22.5 Å². The molecule has 1 aromatic heterocycles. The first-order valence-corrected chi connectivity index (χ1v) is 6.70. The Kier molecular flexibility index (Phi) is 2.45. The molecule has 1 saturated heterocycles. The van der Waals surface area contributed by atoms with Crippen LogP contribution < -0.4 is 5.59 Å². The highest BCUT2D eigenvalue weighted by Crippen LogP contribution is 2.39. The van der Waals surface area contributed by atoms with Crippen LogP contribution in [0.1, 0.15) is 52.1 Å². The molecule has 18 heavy (non-hydrogen) atoms. The minimum absolute atomic E-state index is 0.290. The molecule has 1 aliphatic heterocycles. The molecule has 1 aliphatic carbocycles. The van der Waals surface area contributed by atoms with Crippen LogP contribution in [0.4, 0.5) is 0 Å². The van der Waals surface area contributed by atoms with Crippen LogP contribution in [-0.4, -0.2) is 28.1 Å². The molecule has 2 fully saturated rings. The van der Waals surface area contributed by atoms with E-state index in [0.717, 1.165) is 5.59 Å². The van der Waals surface area contributed by atoms with E-state index in [0.29, 0.717) is 5.92 Å². The van der Waals surface area contributed by atoms with E-state index < -0.39 is 0 Å². The molecule has 0 bridgehead atoms. The molecule has 0 spiro atoms. The van der Waals surface area contributed by atoms with Crippen molar-refractivity contribution in [3.63, 3.8) is 0 Å². The largest absolute Gasteiger partial charge is 0.514 e. The predicted molar refractivity (Wildman–Crippen MR) is 70.9 cm³/mol. The van der Waals surface area contributed by atoms with Gasteiger partial charge in [0.1, 0.15) is 0 Å². The van der Waals surface area contributed by atoms with E-state index in [1.165, 1.54) is 18.5 Å². The van der Waals surface area contributed by atoms with E-state index in [2.05, 4.69) is 38.9 Å². The first kappa shape index (κ1) is 12.2. The Balaban J connectivity index is 1.88. The van der Waals surface area contributed by atoms with Crippen molar-refractivity contribution in [3.05, 3.63) is 11.8 Å². The average molecular weight is 248 g/mol. The van der Waals surface area contributed by atoms with Crippen molar-refractivity contribution in [1.82, 2.24) is 9.78 Å². The highest BCUT2D eigenvalue weighted by atomic mass is 16.7. The molecule has 3 rings (SSSR count). The van der Waals surface area contributed by atoms with E-state index in [-0.39, 0.29) is 18.3 Å². The van der Waals surface area contributed by atoms with Crippen molar-refractivity contribution in [2.75, 3.05) is 0 Å². The monoisotopic (exact) mass is 248 g/mol. The standard InChI is InChI=1S/C13H21BN2O2/c1-12(2)13(3,4)18-14(17-12)11-8-10(9-6-7-9)15-16(11)5/h8-9H,6-7H2,1-5H3. The molecule has 5 heteroatoms. The number of rotatable bonds is 2. The van der Waals surface area contributed by atoms with Gasteiger partial charge in [0.15, 0.2) is 0 Å². The average Bonchev–Trinajstić information content (AvgIpc) is 2.96.